The van der Waals surface area contributed by atoms with Gasteiger partial charge in [-0.2, -0.15) is 5.10 Å². The third-order valence-electron chi connectivity index (χ3n) is 4.53. The van der Waals surface area contributed by atoms with E-state index in [1.807, 2.05) is 35.0 Å². The molecule has 0 aliphatic heterocycles. The van der Waals surface area contributed by atoms with Crippen LogP contribution in [-0.4, -0.2) is 14.8 Å². The minimum Gasteiger partial charge on any atom is -0.338 e. The summed E-state index contributed by atoms with van der Waals surface area (Å²) in [6.45, 7) is 0. The number of nitrogens with zero attached hydrogens (tertiary/aromatic N) is 2. The maximum atomic E-state index is 12.4. The van der Waals surface area contributed by atoms with Crippen LogP contribution in [-0.2, 0) is 0 Å². The zero-order chi connectivity index (χ0) is 16.5. The van der Waals surface area contributed by atoms with Crippen LogP contribution in [0.2, 0.25) is 0 Å². The smallest absolute Gasteiger partial charge is 0.261 e. The predicted octanol–water partition coefficient (Wildman–Crippen LogP) is 3.55. The number of fused-ring (bicyclic) bond motifs is 1. The molecule has 0 amide bonds. The molecule has 1 fully saturated rings. The monoisotopic (exact) mass is 341 g/mol. The Bertz CT molecular complexity index is 926. The number of nitrogens with two attached hydrogens (primary N) is 1. The minimum absolute atomic E-state index is 0.122. The number of anilines is 2. The fourth-order valence-electron chi connectivity index (χ4n) is 3.40. The van der Waals surface area contributed by atoms with Crippen molar-refractivity contribution in [1.29, 1.82) is 0 Å². The van der Waals surface area contributed by atoms with Gasteiger partial charge in [0.1, 0.15) is 5.39 Å². The Morgan fingerprint density at radius 1 is 1.29 bits per heavy atom. The average molecular weight is 341 g/mol. The van der Waals surface area contributed by atoms with Gasteiger partial charge in [0.2, 0.25) is 0 Å². The highest BCUT2D eigenvalue weighted by atomic mass is 32.2. The van der Waals surface area contributed by atoms with Crippen molar-refractivity contribution in [1.82, 2.24) is 14.8 Å². The van der Waals surface area contributed by atoms with Gasteiger partial charge in [-0.05, 0) is 49.1 Å². The van der Waals surface area contributed by atoms with Crippen molar-refractivity contribution in [3.63, 3.8) is 0 Å². The first-order chi connectivity index (χ1) is 11.8. The summed E-state index contributed by atoms with van der Waals surface area (Å²) in [5, 5.41) is 14.3. The summed E-state index contributed by atoms with van der Waals surface area (Å²) in [6.07, 6.45) is 6.35. The van der Waals surface area contributed by atoms with Crippen LogP contribution in [0.5, 0.6) is 0 Å². The molecule has 7 heteroatoms. The molecular weight excluding hydrogens is 322 g/mol. The lowest BCUT2D eigenvalue weighted by Crippen LogP contribution is -2.08. The second kappa shape index (κ2) is 6.33. The molecule has 1 aliphatic rings. The van der Waals surface area contributed by atoms with E-state index in [-0.39, 0.29) is 5.56 Å². The zero-order valence-corrected chi connectivity index (χ0v) is 14.0. The van der Waals surface area contributed by atoms with Crippen molar-refractivity contribution in [2.45, 2.75) is 36.6 Å². The molecule has 2 heterocycles. The van der Waals surface area contributed by atoms with Gasteiger partial charge in [0, 0.05) is 16.8 Å². The number of hydrogen-bond donors (Lipinski definition) is 3. The molecule has 4 N–H and O–H groups in total. The molecule has 0 unspecified atom stereocenters. The summed E-state index contributed by atoms with van der Waals surface area (Å²) in [5.74, 6) is 0.595. The summed E-state index contributed by atoms with van der Waals surface area (Å²) in [5.41, 5.74) is 1.63. The summed E-state index contributed by atoms with van der Waals surface area (Å²) in [4.78, 5) is 16.1. The van der Waals surface area contributed by atoms with E-state index in [0.717, 1.165) is 28.9 Å². The van der Waals surface area contributed by atoms with E-state index >= 15 is 0 Å². The number of rotatable bonds is 4. The number of aromatic amines is 1. The number of benzene rings is 1. The van der Waals surface area contributed by atoms with E-state index < -0.39 is 0 Å². The highest BCUT2D eigenvalue weighted by Crippen LogP contribution is 2.33. The quantitative estimate of drug-likeness (QED) is 0.632. The van der Waals surface area contributed by atoms with Crippen LogP contribution >= 0.6 is 11.9 Å². The fraction of sp³-hybridized carbons (Fsp3) is 0.294. The Morgan fingerprint density at radius 2 is 2.12 bits per heavy atom. The van der Waals surface area contributed by atoms with Gasteiger partial charge < -0.3 is 10.3 Å². The van der Waals surface area contributed by atoms with Gasteiger partial charge in [-0.3, -0.25) is 14.6 Å². The molecule has 6 nitrogen and oxygen atoms in total. The number of aromatic nitrogens is 3. The molecule has 3 aromatic rings. The molecular formula is C17H19N5OS. The Hall–Kier alpha value is -2.25. The third kappa shape index (κ3) is 2.70. The Kier molecular flexibility index (Phi) is 4.03. The normalized spacial score (nSPS) is 15.2. The van der Waals surface area contributed by atoms with Crippen LogP contribution in [0.25, 0.3) is 10.9 Å². The summed E-state index contributed by atoms with van der Waals surface area (Å²) >= 11 is 1.19. The third-order valence-corrected chi connectivity index (χ3v) is 5.06. The molecule has 1 aliphatic carbocycles. The SMILES string of the molecule is NSc1cccc(Nc2nn(C3CCCC3)c3cc[nH]c(=O)c23)c1. The fourth-order valence-corrected chi connectivity index (χ4v) is 3.75. The van der Waals surface area contributed by atoms with Gasteiger partial charge in [-0.15, -0.1) is 0 Å². The van der Waals surface area contributed by atoms with Gasteiger partial charge >= 0.3 is 0 Å². The molecule has 0 radical (unpaired) electrons. The first kappa shape index (κ1) is 15.3. The highest BCUT2D eigenvalue weighted by Gasteiger charge is 2.23. The molecule has 1 aromatic carbocycles. The molecule has 24 heavy (non-hydrogen) atoms. The van der Waals surface area contributed by atoms with Gasteiger partial charge in [-0.25, -0.2) is 0 Å². The topological polar surface area (TPSA) is 88.7 Å². The minimum atomic E-state index is -0.122. The number of pyridine rings is 1. The van der Waals surface area contributed by atoms with Crippen molar-refractivity contribution in [2.75, 3.05) is 5.32 Å². The van der Waals surface area contributed by atoms with Crippen molar-refractivity contribution < 1.29 is 0 Å². The predicted molar refractivity (Wildman–Crippen MR) is 97.6 cm³/mol. The standard InChI is InChI=1S/C17H19N5OS/c18-24-13-7-3-4-11(10-13)20-16-15-14(8-9-19-17(15)23)22(21-16)12-5-1-2-6-12/h3-4,7-10,12H,1-2,5-6,18H2,(H,19,23)(H,20,21). The second-order valence-corrected chi connectivity index (χ2v) is 6.78. The Balaban J connectivity index is 1.81. The number of hydrogen-bond acceptors (Lipinski definition) is 5. The van der Waals surface area contributed by atoms with E-state index in [0.29, 0.717) is 17.2 Å². The Labute approximate surface area is 143 Å². The number of nitrogens with one attached hydrogen (secondary N) is 2. The van der Waals surface area contributed by atoms with E-state index in [9.17, 15) is 4.79 Å². The lowest BCUT2D eigenvalue weighted by molar-refractivity contribution is 0.483. The highest BCUT2D eigenvalue weighted by molar-refractivity contribution is 7.97. The molecule has 0 atom stereocenters. The molecule has 4 rings (SSSR count). The molecule has 124 valence electrons. The molecule has 1 saturated carbocycles. The van der Waals surface area contributed by atoms with Crippen molar-refractivity contribution in [3.05, 3.63) is 46.9 Å². The maximum Gasteiger partial charge on any atom is 0.261 e. The van der Waals surface area contributed by atoms with Crippen LogP contribution < -0.4 is 16.0 Å². The van der Waals surface area contributed by atoms with E-state index in [1.54, 1.807) is 6.20 Å². The molecule has 0 spiro atoms. The van der Waals surface area contributed by atoms with Gasteiger partial charge in [-0.1, -0.05) is 18.9 Å². The van der Waals surface area contributed by atoms with Crippen LogP contribution in [0.15, 0.2) is 46.2 Å². The van der Waals surface area contributed by atoms with Crippen LogP contribution in [0.3, 0.4) is 0 Å². The van der Waals surface area contributed by atoms with E-state index in [4.69, 9.17) is 10.2 Å². The van der Waals surface area contributed by atoms with E-state index in [1.165, 1.54) is 24.8 Å². The molecule has 2 aromatic heterocycles. The first-order valence-corrected chi connectivity index (χ1v) is 8.98. The molecule has 0 bridgehead atoms. The maximum absolute atomic E-state index is 12.4. The zero-order valence-electron chi connectivity index (χ0n) is 13.2. The van der Waals surface area contributed by atoms with Crippen molar-refractivity contribution >= 4 is 34.4 Å². The van der Waals surface area contributed by atoms with Crippen LogP contribution in [0.4, 0.5) is 11.5 Å². The largest absolute Gasteiger partial charge is 0.338 e. The van der Waals surface area contributed by atoms with E-state index in [2.05, 4.69) is 10.3 Å². The summed E-state index contributed by atoms with van der Waals surface area (Å²) in [7, 11) is 0. The summed E-state index contributed by atoms with van der Waals surface area (Å²) < 4.78 is 2.02. The summed E-state index contributed by atoms with van der Waals surface area (Å²) in [6, 6.07) is 10.1. The average Bonchev–Trinajstić information content (AvgIpc) is 3.24. The second-order valence-electron chi connectivity index (χ2n) is 6.07. The molecule has 0 saturated heterocycles. The van der Waals surface area contributed by atoms with Crippen molar-refractivity contribution in [3.8, 4) is 0 Å². The van der Waals surface area contributed by atoms with Gasteiger partial charge in [0.15, 0.2) is 5.82 Å². The van der Waals surface area contributed by atoms with Gasteiger partial charge in [0.25, 0.3) is 5.56 Å². The number of H-pyrrole nitrogens is 1. The van der Waals surface area contributed by atoms with Gasteiger partial charge in [0.05, 0.1) is 11.6 Å². The van der Waals surface area contributed by atoms with Crippen molar-refractivity contribution in [2.24, 2.45) is 5.14 Å². The lowest BCUT2D eigenvalue weighted by Gasteiger charge is -2.10. The van der Waals surface area contributed by atoms with Crippen LogP contribution in [0, 0.1) is 0 Å². The first-order valence-electron chi connectivity index (χ1n) is 8.10. The lowest BCUT2D eigenvalue weighted by atomic mass is 10.2. The Morgan fingerprint density at radius 3 is 2.92 bits per heavy atom. The van der Waals surface area contributed by atoms with Crippen LogP contribution in [0.1, 0.15) is 31.7 Å².